The number of hydrogen-bond donors (Lipinski definition) is 2. The number of nitrogens with zero attached hydrogens (tertiary/aromatic N) is 4. The molecule has 1 saturated heterocycles. The van der Waals surface area contributed by atoms with E-state index in [0.717, 1.165) is 61.5 Å². The molecule has 0 aromatic heterocycles. The average Bonchev–Trinajstić information content (AvgIpc) is 3.52. The van der Waals surface area contributed by atoms with Gasteiger partial charge in [-0.2, -0.15) is 5.26 Å². The summed E-state index contributed by atoms with van der Waals surface area (Å²) in [7, 11) is 0.518. The molecule has 0 radical (unpaired) electrons. The highest BCUT2D eigenvalue weighted by Gasteiger charge is 2.49. The average molecular weight is 444 g/mol. The number of hydrogen-bond acceptors (Lipinski definition) is 7. The molecule has 8 nitrogen and oxygen atoms in total. The zero-order chi connectivity index (χ0) is 22.0. The zero-order valence-electron chi connectivity index (χ0n) is 17.8. The van der Waals surface area contributed by atoms with Crippen LogP contribution in [0.4, 0.5) is 0 Å². The van der Waals surface area contributed by atoms with Gasteiger partial charge in [0.05, 0.1) is 34.6 Å². The zero-order valence-corrected chi connectivity index (χ0v) is 18.6. The molecule has 166 valence electrons. The topological polar surface area (TPSA) is 115 Å². The Bertz CT molecular complexity index is 941. The summed E-state index contributed by atoms with van der Waals surface area (Å²) in [5.41, 5.74) is 1.20. The molecule has 3 N–H and O–H groups in total. The summed E-state index contributed by atoms with van der Waals surface area (Å²) in [6.45, 7) is 1.59. The number of amidine groups is 1. The molecule has 0 bridgehead atoms. The van der Waals surface area contributed by atoms with Crippen LogP contribution in [0.1, 0.15) is 37.7 Å². The van der Waals surface area contributed by atoms with Crippen molar-refractivity contribution in [3.63, 3.8) is 0 Å². The van der Waals surface area contributed by atoms with E-state index in [-0.39, 0.29) is 12.7 Å². The lowest BCUT2D eigenvalue weighted by molar-refractivity contribution is 0.116. The van der Waals surface area contributed by atoms with E-state index in [4.69, 9.17) is 15.8 Å². The summed E-state index contributed by atoms with van der Waals surface area (Å²) in [6.07, 6.45) is 4.18. The summed E-state index contributed by atoms with van der Waals surface area (Å²) in [5.74, 6) is 8.24. The Morgan fingerprint density at radius 1 is 1.39 bits per heavy atom. The molecule has 1 atom stereocenters. The number of nitriles is 1. The van der Waals surface area contributed by atoms with Gasteiger partial charge >= 0.3 is 0 Å². The Kier molecular flexibility index (Phi) is 6.32. The largest absolute Gasteiger partial charge is 0.490 e. The van der Waals surface area contributed by atoms with Crippen molar-refractivity contribution in [1.29, 1.82) is 5.26 Å². The molecule has 2 fully saturated rings. The molecule has 1 aromatic carbocycles. The normalized spacial score (nSPS) is 23.6. The maximum atomic E-state index is 12.9. The first-order valence-electron chi connectivity index (χ1n) is 10.7. The van der Waals surface area contributed by atoms with E-state index in [9.17, 15) is 9.32 Å². The second-order valence-electron chi connectivity index (χ2n) is 8.32. The molecule has 1 saturated carbocycles. The smallest absolute Gasteiger partial charge is 0.156 e. The molecular formula is C22H29N5O3S. The summed E-state index contributed by atoms with van der Waals surface area (Å²) in [5, 5.41) is 20.2. The molecule has 0 spiro atoms. The predicted molar refractivity (Wildman–Crippen MR) is 119 cm³/mol. The fourth-order valence-corrected chi connectivity index (χ4v) is 5.75. The third-order valence-corrected chi connectivity index (χ3v) is 7.85. The highest BCUT2D eigenvalue weighted by molar-refractivity contribution is 7.90. The lowest BCUT2D eigenvalue weighted by Gasteiger charge is -2.36. The van der Waals surface area contributed by atoms with Gasteiger partial charge in [-0.25, -0.2) is 5.84 Å². The molecule has 31 heavy (non-hydrogen) atoms. The number of likely N-dealkylation sites (tertiary alicyclic amines) is 1. The van der Waals surface area contributed by atoms with Crippen LogP contribution >= 0.6 is 0 Å². The van der Waals surface area contributed by atoms with E-state index in [0.29, 0.717) is 17.2 Å². The van der Waals surface area contributed by atoms with E-state index in [1.807, 2.05) is 12.1 Å². The van der Waals surface area contributed by atoms with Crippen molar-refractivity contribution in [3.8, 4) is 11.8 Å². The van der Waals surface area contributed by atoms with Crippen LogP contribution in [0, 0.1) is 11.3 Å². The maximum Gasteiger partial charge on any atom is 0.156 e. The Labute approximate surface area is 185 Å². The van der Waals surface area contributed by atoms with Crippen LogP contribution in [-0.2, 0) is 10.8 Å². The molecule has 1 aliphatic carbocycles. The minimum atomic E-state index is -1.15. The Hall–Kier alpha value is -2.41. The standard InChI is InChI=1S/C22H29N5O3S/c1-25-21(27(24)22(15-28)9-10-22)20-19(8-13-31(20)29)26-11-6-18(7-12-26)30-17-4-2-16(14-23)3-5-17/h2-5,18,28H,6-13,15,24H2,1H3. The molecule has 4 rings (SSSR count). The van der Waals surface area contributed by atoms with E-state index in [2.05, 4.69) is 16.0 Å². The molecule has 0 amide bonds. The number of allylic oxidation sites excluding steroid dienone is 1. The number of piperidine rings is 1. The first kappa shape index (κ1) is 21.8. The van der Waals surface area contributed by atoms with Crippen LogP contribution in [-0.4, -0.2) is 69.2 Å². The van der Waals surface area contributed by atoms with Crippen LogP contribution in [0.2, 0.25) is 0 Å². The number of nitrogens with two attached hydrogens (primary N) is 1. The summed E-state index contributed by atoms with van der Waals surface area (Å²) >= 11 is 0. The quantitative estimate of drug-likeness (QED) is 0.296. The van der Waals surface area contributed by atoms with Gasteiger partial charge in [0.25, 0.3) is 0 Å². The van der Waals surface area contributed by atoms with E-state index < -0.39 is 16.3 Å². The van der Waals surface area contributed by atoms with E-state index in [1.165, 1.54) is 0 Å². The van der Waals surface area contributed by atoms with E-state index >= 15 is 0 Å². The van der Waals surface area contributed by atoms with Gasteiger partial charge in [-0.1, -0.05) is 0 Å². The van der Waals surface area contributed by atoms with E-state index in [1.54, 1.807) is 24.2 Å². The minimum absolute atomic E-state index is 0.0319. The molecule has 2 heterocycles. The van der Waals surface area contributed by atoms with Gasteiger partial charge in [0.1, 0.15) is 16.8 Å². The highest BCUT2D eigenvalue weighted by atomic mass is 32.2. The van der Waals surface area contributed by atoms with Crippen LogP contribution in [0.3, 0.4) is 0 Å². The number of benzene rings is 1. The Morgan fingerprint density at radius 2 is 2.06 bits per heavy atom. The van der Waals surface area contributed by atoms with Gasteiger partial charge in [0.2, 0.25) is 0 Å². The fourth-order valence-electron chi connectivity index (χ4n) is 4.28. The SMILES string of the molecule is CN=C(C1=C(N2CCC(Oc3ccc(C#N)cc3)CC2)CCS1=O)N(N)C1(CO)CC1. The molecule has 2 aliphatic heterocycles. The third kappa shape index (κ3) is 4.33. The van der Waals surface area contributed by atoms with Crippen molar-refractivity contribution >= 4 is 16.6 Å². The molecule has 3 aliphatic rings. The number of rotatable bonds is 6. The van der Waals surface area contributed by atoms with Gasteiger partial charge < -0.3 is 14.7 Å². The van der Waals surface area contributed by atoms with Crippen molar-refractivity contribution in [1.82, 2.24) is 9.91 Å². The predicted octanol–water partition coefficient (Wildman–Crippen LogP) is 1.49. The first-order chi connectivity index (χ1) is 15.0. The van der Waals surface area contributed by atoms with Crippen molar-refractivity contribution in [2.75, 3.05) is 32.5 Å². The number of aliphatic hydroxyl groups is 1. The molecular weight excluding hydrogens is 414 g/mol. The lowest BCUT2D eigenvalue weighted by Crippen LogP contribution is -2.51. The summed E-state index contributed by atoms with van der Waals surface area (Å²) in [4.78, 5) is 7.39. The summed E-state index contributed by atoms with van der Waals surface area (Å²) < 4.78 is 19.0. The van der Waals surface area contributed by atoms with Crippen molar-refractivity contribution in [2.24, 2.45) is 10.8 Å². The molecule has 1 unspecified atom stereocenters. The third-order valence-electron chi connectivity index (χ3n) is 6.40. The Morgan fingerprint density at radius 3 is 2.61 bits per heavy atom. The van der Waals surface area contributed by atoms with Crippen molar-refractivity contribution < 1.29 is 14.1 Å². The van der Waals surface area contributed by atoms with Gasteiger partial charge in [0, 0.05) is 50.8 Å². The Balaban J connectivity index is 1.45. The lowest BCUT2D eigenvalue weighted by atomic mass is 10.1. The van der Waals surface area contributed by atoms with Crippen LogP contribution in [0.15, 0.2) is 39.9 Å². The van der Waals surface area contributed by atoms with Crippen LogP contribution < -0.4 is 10.6 Å². The van der Waals surface area contributed by atoms with Gasteiger partial charge in [-0.15, -0.1) is 0 Å². The highest BCUT2D eigenvalue weighted by Crippen LogP contribution is 2.41. The number of hydrazine groups is 1. The van der Waals surface area contributed by atoms with Crippen molar-refractivity contribution in [3.05, 3.63) is 40.4 Å². The number of ether oxygens (including phenoxy) is 1. The second-order valence-corrected chi connectivity index (χ2v) is 9.82. The minimum Gasteiger partial charge on any atom is -0.490 e. The number of aliphatic imine (C=N–C) groups is 1. The maximum absolute atomic E-state index is 12.9. The first-order valence-corrected chi connectivity index (χ1v) is 12.0. The van der Waals surface area contributed by atoms with Gasteiger partial charge in [-0.05, 0) is 37.1 Å². The number of aliphatic hydroxyl groups excluding tert-OH is 1. The van der Waals surface area contributed by atoms with Crippen molar-refractivity contribution in [2.45, 2.75) is 43.7 Å². The fraction of sp³-hybridized carbons (Fsp3) is 0.545. The summed E-state index contributed by atoms with van der Waals surface area (Å²) in [6, 6.07) is 9.31. The van der Waals surface area contributed by atoms with Gasteiger partial charge in [0.15, 0.2) is 5.84 Å². The monoisotopic (exact) mass is 443 g/mol. The molecule has 9 heteroatoms. The van der Waals surface area contributed by atoms with Gasteiger partial charge in [-0.3, -0.25) is 14.2 Å². The molecule has 1 aromatic rings. The van der Waals surface area contributed by atoms with Crippen LogP contribution in [0.5, 0.6) is 5.75 Å². The van der Waals surface area contributed by atoms with Crippen LogP contribution in [0.25, 0.3) is 0 Å². The second kappa shape index (κ2) is 8.99.